The molecule has 1 atom stereocenters. The number of benzene rings is 2. The van der Waals surface area contributed by atoms with Gasteiger partial charge in [0.25, 0.3) is 5.91 Å². The van der Waals surface area contributed by atoms with Crippen LogP contribution in [-0.4, -0.2) is 63.0 Å². The number of carbonyl (C=O) groups excluding carboxylic acids is 3. The zero-order chi connectivity index (χ0) is 26.7. The van der Waals surface area contributed by atoms with E-state index in [1.54, 1.807) is 4.90 Å². The van der Waals surface area contributed by atoms with E-state index in [0.717, 1.165) is 49.4 Å². The highest BCUT2D eigenvalue weighted by molar-refractivity contribution is 6.05. The van der Waals surface area contributed by atoms with Gasteiger partial charge in [0.1, 0.15) is 11.8 Å². The number of hydrogen-bond acceptors (Lipinski definition) is 6. The normalized spacial score (nSPS) is 22.1. The fourth-order valence-corrected chi connectivity index (χ4v) is 6.71. The number of aryl methyl sites for hydroxylation is 1. The third-order valence-corrected chi connectivity index (χ3v) is 8.92. The van der Waals surface area contributed by atoms with Crippen LogP contribution in [0.1, 0.15) is 52.7 Å². The summed E-state index contributed by atoms with van der Waals surface area (Å²) in [5.41, 5.74) is 6.23. The minimum Gasteiger partial charge on any atom is -0.492 e. The van der Waals surface area contributed by atoms with E-state index in [1.807, 2.05) is 30.2 Å². The average molecular weight is 526 g/mol. The Morgan fingerprint density at radius 3 is 2.72 bits per heavy atom. The molecule has 4 aliphatic rings. The zero-order valence-corrected chi connectivity index (χ0v) is 22.0. The summed E-state index contributed by atoms with van der Waals surface area (Å²) in [5.74, 6) is 0.00218. The van der Waals surface area contributed by atoms with E-state index < -0.39 is 6.04 Å². The summed E-state index contributed by atoms with van der Waals surface area (Å²) in [6.45, 7) is 3.81. The van der Waals surface area contributed by atoms with Gasteiger partial charge in [0, 0.05) is 53.9 Å². The van der Waals surface area contributed by atoms with Crippen molar-refractivity contribution >= 4 is 17.7 Å². The Balaban J connectivity index is 1.05. The first kappa shape index (κ1) is 24.1. The summed E-state index contributed by atoms with van der Waals surface area (Å²) in [7, 11) is 1.93. The summed E-state index contributed by atoms with van der Waals surface area (Å²) in [6.07, 6.45) is 6.53. The molecule has 0 unspecified atom stereocenters. The van der Waals surface area contributed by atoms with Crippen molar-refractivity contribution < 1.29 is 19.1 Å². The summed E-state index contributed by atoms with van der Waals surface area (Å²) in [4.78, 5) is 41.4. The third kappa shape index (κ3) is 4.03. The van der Waals surface area contributed by atoms with Crippen LogP contribution in [0.15, 0.2) is 48.8 Å². The number of likely N-dealkylation sites (tertiary alicyclic amines) is 1. The second kappa shape index (κ2) is 9.05. The molecule has 200 valence electrons. The lowest BCUT2D eigenvalue weighted by Gasteiger charge is -2.38. The maximum Gasteiger partial charge on any atom is 0.255 e. The first-order chi connectivity index (χ1) is 18.9. The lowest BCUT2D eigenvalue weighted by molar-refractivity contribution is -0.136. The molecule has 7 rings (SSSR count). The second-order valence-electron chi connectivity index (χ2n) is 11.3. The van der Waals surface area contributed by atoms with E-state index in [0.29, 0.717) is 25.1 Å². The summed E-state index contributed by atoms with van der Waals surface area (Å²) < 4.78 is 8.15. The van der Waals surface area contributed by atoms with Gasteiger partial charge in [0.15, 0.2) is 0 Å². The number of imide groups is 1. The molecule has 4 aliphatic heterocycles. The molecular formula is C30H31N5O4. The highest BCUT2D eigenvalue weighted by Gasteiger charge is 2.47. The van der Waals surface area contributed by atoms with Crippen LogP contribution >= 0.6 is 0 Å². The van der Waals surface area contributed by atoms with Crippen LogP contribution in [0.25, 0.3) is 11.1 Å². The fraction of sp³-hybridized carbons (Fsp3) is 0.400. The molecule has 1 aromatic heterocycles. The molecule has 2 saturated heterocycles. The molecule has 0 bridgehead atoms. The first-order valence-corrected chi connectivity index (χ1v) is 13.6. The molecule has 5 heterocycles. The van der Waals surface area contributed by atoms with Crippen molar-refractivity contribution in [2.75, 3.05) is 19.7 Å². The Hall–Kier alpha value is -3.98. The Morgan fingerprint density at radius 2 is 1.95 bits per heavy atom. The molecule has 2 aromatic carbocycles. The van der Waals surface area contributed by atoms with Gasteiger partial charge in [-0.2, -0.15) is 5.10 Å². The molecule has 9 nitrogen and oxygen atoms in total. The number of nitrogens with zero attached hydrogens (tertiary/aromatic N) is 4. The summed E-state index contributed by atoms with van der Waals surface area (Å²) in [5, 5.41) is 6.67. The predicted molar refractivity (Wildman–Crippen MR) is 143 cm³/mol. The number of nitrogens with one attached hydrogen (secondary N) is 1. The van der Waals surface area contributed by atoms with Crippen molar-refractivity contribution in [1.82, 2.24) is 24.9 Å². The lowest BCUT2D eigenvalue weighted by Crippen LogP contribution is -2.52. The number of aromatic nitrogens is 2. The number of fused-ring (bicyclic) bond motifs is 4. The van der Waals surface area contributed by atoms with Crippen LogP contribution in [0, 0.1) is 0 Å². The van der Waals surface area contributed by atoms with Crippen molar-refractivity contribution in [3.63, 3.8) is 0 Å². The van der Waals surface area contributed by atoms with Crippen LogP contribution in [0.2, 0.25) is 0 Å². The van der Waals surface area contributed by atoms with Crippen LogP contribution in [0.3, 0.4) is 0 Å². The van der Waals surface area contributed by atoms with E-state index in [-0.39, 0.29) is 29.6 Å². The monoisotopic (exact) mass is 525 g/mol. The molecular weight excluding hydrogens is 494 g/mol. The third-order valence-electron chi connectivity index (χ3n) is 8.92. The van der Waals surface area contributed by atoms with Gasteiger partial charge in [-0.1, -0.05) is 24.3 Å². The van der Waals surface area contributed by atoms with Gasteiger partial charge in [0.2, 0.25) is 11.8 Å². The smallest absolute Gasteiger partial charge is 0.255 e. The summed E-state index contributed by atoms with van der Waals surface area (Å²) in [6, 6.07) is 12.0. The van der Waals surface area contributed by atoms with Crippen molar-refractivity contribution in [2.24, 2.45) is 7.05 Å². The van der Waals surface area contributed by atoms with Gasteiger partial charge in [-0.3, -0.25) is 29.3 Å². The van der Waals surface area contributed by atoms with Crippen LogP contribution in [0.4, 0.5) is 0 Å². The fourth-order valence-electron chi connectivity index (χ4n) is 6.71. The topological polar surface area (TPSA) is 96.8 Å². The van der Waals surface area contributed by atoms with Gasteiger partial charge in [0.05, 0.1) is 19.3 Å². The van der Waals surface area contributed by atoms with E-state index in [2.05, 4.69) is 45.6 Å². The minimum absolute atomic E-state index is 0.0521. The van der Waals surface area contributed by atoms with Gasteiger partial charge < -0.3 is 9.64 Å². The number of amides is 3. The lowest BCUT2D eigenvalue weighted by atomic mass is 9.74. The van der Waals surface area contributed by atoms with E-state index >= 15 is 0 Å². The van der Waals surface area contributed by atoms with Crippen LogP contribution in [-0.2, 0) is 35.1 Å². The van der Waals surface area contributed by atoms with Crippen molar-refractivity contribution in [3.05, 3.63) is 71.0 Å². The zero-order valence-electron chi connectivity index (χ0n) is 22.0. The van der Waals surface area contributed by atoms with Crippen LogP contribution in [0.5, 0.6) is 5.75 Å². The molecule has 2 fully saturated rings. The van der Waals surface area contributed by atoms with Gasteiger partial charge in [-0.05, 0) is 55.6 Å². The predicted octanol–water partition coefficient (Wildman–Crippen LogP) is 2.77. The van der Waals surface area contributed by atoms with Gasteiger partial charge >= 0.3 is 0 Å². The van der Waals surface area contributed by atoms with Crippen molar-refractivity contribution in [3.8, 4) is 16.9 Å². The molecule has 0 aliphatic carbocycles. The van der Waals surface area contributed by atoms with Crippen molar-refractivity contribution in [2.45, 2.75) is 50.2 Å². The maximum absolute atomic E-state index is 13.2. The largest absolute Gasteiger partial charge is 0.492 e. The number of ether oxygens (including phenoxy) is 1. The molecule has 3 aromatic rings. The van der Waals surface area contributed by atoms with Crippen LogP contribution < -0.4 is 10.1 Å². The standard InChI is InChI=1S/C30H31N5O4/c1-33-16-21(14-31-33)20-4-2-3-19(13-20)15-34-11-9-30(10-12-34)18-39-27-23-17-35(25-7-8-26(36)32-28(25)37)29(38)22(23)5-6-24(27)30/h2-6,13-14,16,25H,7-12,15,17-18H2,1H3,(H,32,36,37)/t25-/m0/s1. The Morgan fingerprint density at radius 1 is 1.10 bits per heavy atom. The number of piperidine rings is 2. The molecule has 1 spiro atoms. The van der Waals surface area contributed by atoms with E-state index in [9.17, 15) is 14.4 Å². The average Bonchev–Trinajstić information content (AvgIpc) is 3.62. The Labute approximate surface area is 226 Å². The quantitative estimate of drug-likeness (QED) is 0.527. The van der Waals surface area contributed by atoms with Gasteiger partial charge in [-0.25, -0.2) is 0 Å². The molecule has 0 radical (unpaired) electrons. The Bertz CT molecular complexity index is 1500. The van der Waals surface area contributed by atoms with E-state index in [4.69, 9.17) is 4.74 Å². The number of carbonyl (C=O) groups is 3. The highest BCUT2D eigenvalue weighted by Crippen LogP contribution is 2.49. The number of rotatable bonds is 4. The SMILES string of the molecule is Cn1cc(-c2cccc(CN3CCC4(CC3)COc3c4ccc4c3CN([C@H]3CCC(=O)NC3=O)C4=O)c2)cn1. The first-order valence-electron chi connectivity index (χ1n) is 13.6. The molecule has 39 heavy (non-hydrogen) atoms. The maximum atomic E-state index is 13.2. The molecule has 9 heteroatoms. The minimum atomic E-state index is -0.617. The number of hydrogen-bond donors (Lipinski definition) is 1. The molecule has 3 amide bonds. The molecule has 0 saturated carbocycles. The van der Waals surface area contributed by atoms with E-state index in [1.165, 1.54) is 16.7 Å². The highest BCUT2D eigenvalue weighted by atomic mass is 16.5. The van der Waals surface area contributed by atoms with Gasteiger partial charge in [-0.15, -0.1) is 0 Å². The second-order valence-corrected chi connectivity index (χ2v) is 11.3. The van der Waals surface area contributed by atoms with Crippen molar-refractivity contribution in [1.29, 1.82) is 0 Å². The molecule has 1 N–H and O–H groups in total. The Kier molecular flexibility index (Phi) is 5.59. The summed E-state index contributed by atoms with van der Waals surface area (Å²) >= 11 is 0.